The summed E-state index contributed by atoms with van der Waals surface area (Å²) in [6.45, 7) is 14.1. The number of esters is 4. The van der Waals surface area contributed by atoms with E-state index in [0.717, 1.165) is 114 Å². The van der Waals surface area contributed by atoms with Crippen molar-refractivity contribution < 1.29 is 80.2 Å². The summed E-state index contributed by atoms with van der Waals surface area (Å²) in [6.07, 6.45) is 47.3. The van der Waals surface area contributed by atoms with Crippen molar-refractivity contribution in [2.75, 3.05) is 39.6 Å². The van der Waals surface area contributed by atoms with Crippen LogP contribution >= 0.6 is 15.6 Å². The fraction of sp³-hybridized carbons (Fsp3) is 0.946. The molecule has 6 atom stereocenters. The van der Waals surface area contributed by atoms with Crippen LogP contribution in [0.5, 0.6) is 0 Å². The Morgan fingerprint density at radius 3 is 0.763 bits per heavy atom. The predicted molar refractivity (Wildman–Crippen MR) is 377 cm³/mol. The van der Waals surface area contributed by atoms with Gasteiger partial charge in [0.25, 0.3) is 0 Å². The van der Waals surface area contributed by atoms with Crippen LogP contribution in [0.25, 0.3) is 0 Å². The second-order valence-corrected chi connectivity index (χ2v) is 31.3. The number of hydrogen-bond acceptors (Lipinski definition) is 15. The van der Waals surface area contributed by atoms with Crippen molar-refractivity contribution >= 4 is 39.5 Å². The first kappa shape index (κ1) is 91.1. The topological polar surface area (TPSA) is 237 Å². The van der Waals surface area contributed by atoms with Crippen molar-refractivity contribution in [1.82, 2.24) is 0 Å². The molecule has 0 aliphatic heterocycles. The van der Waals surface area contributed by atoms with E-state index in [1.165, 1.54) is 167 Å². The van der Waals surface area contributed by atoms with Gasteiger partial charge >= 0.3 is 39.5 Å². The lowest BCUT2D eigenvalue weighted by Crippen LogP contribution is -2.30. The number of rotatable bonds is 71. The van der Waals surface area contributed by atoms with Gasteiger partial charge in [-0.2, -0.15) is 0 Å². The largest absolute Gasteiger partial charge is 0.472 e. The zero-order valence-corrected chi connectivity index (χ0v) is 62.7. The summed E-state index contributed by atoms with van der Waals surface area (Å²) in [5.74, 6) is 0.902. The molecule has 3 N–H and O–H groups in total. The van der Waals surface area contributed by atoms with Crippen LogP contribution in [0.4, 0.5) is 0 Å². The van der Waals surface area contributed by atoms with Gasteiger partial charge in [0.1, 0.15) is 19.3 Å². The Labute approximate surface area is 568 Å². The molecule has 0 aliphatic rings. The molecule has 0 fully saturated rings. The standard InChI is InChI=1S/C74H144O17P2/c1-9-67(8)53-45-37-28-21-17-12-10-11-13-18-22-30-40-48-56-73(78)90-69(60-84-71(76)54-46-38-29-25-24-27-35-43-51-65(4)5)62-88-92(80,81)86-58-68(75)59-87-93(82,83)89-63-70(61-85-72(77)55-47-39-33-32-36-44-52-66(6)7)91-74(79)57-49-41-31-23-19-15-14-16-20-26-34-42-50-64(2)3/h64-70,75H,9-63H2,1-8H3,(H,80,81)(H,82,83)/t67?,68-,69-,70-/m1/s1. The van der Waals surface area contributed by atoms with Crippen LogP contribution in [0.2, 0.25) is 0 Å². The summed E-state index contributed by atoms with van der Waals surface area (Å²) in [7, 11) is -9.91. The second-order valence-electron chi connectivity index (χ2n) is 28.4. The molecule has 17 nitrogen and oxygen atoms in total. The van der Waals surface area contributed by atoms with Crippen LogP contribution < -0.4 is 0 Å². The molecule has 552 valence electrons. The zero-order valence-electron chi connectivity index (χ0n) is 60.9. The molecule has 0 bridgehead atoms. The summed E-state index contributed by atoms with van der Waals surface area (Å²) < 4.78 is 68.4. The van der Waals surface area contributed by atoms with E-state index in [4.69, 9.17) is 37.0 Å². The van der Waals surface area contributed by atoms with Gasteiger partial charge in [-0.3, -0.25) is 37.3 Å². The van der Waals surface area contributed by atoms with Gasteiger partial charge in [-0.25, -0.2) is 9.13 Å². The molecular weight excluding hydrogens is 1220 g/mol. The lowest BCUT2D eigenvalue weighted by atomic mass is 9.99. The smallest absolute Gasteiger partial charge is 0.462 e. The Hall–Kier alpha value is -1.94. The molecule has 0 saturated carbocycles. The Morgan fingerprint density at radius 1 is 0.301 bits per heavy atom. The fourth-order valence-electron chi connectivity index (χ4n) is 11.2. The molecule has 93 heavy (non-hydrogen) atoms. The number of hydrogen-bond donors (Lipinski definition) is 3. The van der Waals surface area contributed by atoms with E-state index >= 15 is 0 Å². The maximum absolute atomic E-state index is 13.1. The average Bonchev–Trinajstić information content (AvgIpc) is 1.65. The number of phosphoric ester groups is 2. The van der Waals surface area contributed by atoms with Gasteiger partial charge < -0.3 is 33.8 Å². The monoisotopic (exact) mass is 1370 g/mol. The SMILES string of the molecule is CCC(C)CCCCCCCCCCCCCCCCC(=O)O[C@H](COC(=O)CCCCCCCCCCC(C)C)COP(=O)(O)OC[C@@H](O)COP(=O)(O)OC[C@@H](COC(=O)CCCCCCCCC(C)C)OC(=O)CCCCCCCCCCCCCCC(C)C. The van der Waals surface area contributed by atoms with E-state index in [1.807, 2.05) is 0 Å². The molecular formula is C74H144O17P2. The number of carbonyl (C=O) groups is 4. The molecule has 0 amide bonds. The van der Waals surface area contributed by atoms with Crippen molar-refractivity contribution in [2.24, 2.45) is 23.7 Å². The van der Waals surface area contributed by atoms with Gasteiger partial charge in [-0.05, 0) is 49.4 Å². The number of phosphoric acid groups is 2. The van der Waals surface area contributed by atoms with Gasteiger partial charge in [0.2, 0.25) is 0 Å². The molecule has 0 aromatic rings. The van der Waals surface area contributed by atoms with E-state index in [-0.39, 0.29) is 25.7 Å². The van der Waals surface area contributed by atoms with Crippen LogP contribution in [-0.2, 0) is 65.4 Å². The van der Waals surface area contributed by atoms with E-state index in [1.54, 1.807) is 0 Å². The summed E-state index contributed by atoms with van der Waals surface area (Å²) >= 11 is 0. The molecule has 0 spiro atoms. The van der Waals surface area contributed by atoms with Crippen LogP contribution in [-0.4, -0.2) is 96.7 Å². The lowest BCUT2D eigenvalue weighted by molar-refractivity contribution is -0.161. The third-order valence-corrected chi connectivity index (χ3v) is 19.3. The Balaban J connectivity index is 5.22. The Morgan fingerprint density at radius 2 is 0.516 bits per heavy atom. The third-order valence-electron chi connectivity index (χ3n) is 17.4. The summed E-state index contributed by atoms with van der Waals surface area (Å²) in [6, 6.07) is 0. The Bertz CT molecular complexity index is 1840. The van der Waals surface area contributed by atoms with E-state index < -0.39 is 97.5 Å². The van der Waals surface area contributed by atoms with Crippen LogP contribution in [0.15, 0.2) is 0 Å². The number of ether oxygens (including phenoxy) is 4. The first-order valence-electron chi connectivity index (χ1n) is 38.2. The highest BCUT2D eigenvalue weighted by Gasteiger charge is 2.30. The molecule has 3 unspecified atom stereocenters. The van der Waals surface area contributed by atoms with E-state index in [2.05, 4.69) is 55.4 Å². The molecule has 0 radical (unpaired) electrons. The van der Waals surface area contributed by atoms with E-state index in [9.17, 15) is 43.2 Å². The molecule has 0 heterocycles. The minimum atomic E-state index is -4.96. The maximum Gasteiger partial charge on any atom is 0.472 e. The van der Waals surface area contributed by atoms with Gasteiger partial charge in [0.05, 0.1) is 26.4 Å². The second kappa shape index (κ2) is 63.5. The van der Waals surface area contributed by atoms with Crippen molar-refractivity contribution in [1.29, 1.82) is 0 Å². The van der Waals surface area contributed by atoms with Gasteiger partial charge in [-0.1, -0.05) is 319 Å². The van der Waals surface area contributed by atoms with Gasteiger partial charge in [0, 0.05) is 25.7 Å². The maximum atomic E-state index is 13.1. The first-order valence-corrected chi connectivity index (χ1v) is 41.2. The number of unbranched alkanes of at least 4 members (excludes halogenated alkanes) is 36. The normalized spacial score (nSPS) is 14.5. The molecule has 0 aliphatic carbocycles. The fourth-order valence-corrected chi connectivity index (χ4v) is 12.7. The van der Waals surface area contributed by atoms with Crippen LogP contribution in [0.1, 0.15) is 370 Å². The van der Waals surface area contributed by atoms with Gasteiger partial charge in [0.15, 0.2) is 12.2 Å². The highest BCUT2D eigenvalue weighted by molar-refractivity contribution is 7.47. The van der Waals surface area contributed by atoms with Crippen molar-refractivity contribution in [2.45, 2.75) is 388 Å². The summed E-state index contributed by atoms with van der Waals surface area (Å²) in [5, 5.41) is 10.6. The number of carbonyl (C=O) groups excluding carboxylic acids is 4. The highest BCUT2D eigenvalue weighted by atomic mass is 31.2. The quantitative estimate of drug-likeness (QED) is 0.0222. The number of aliphatic hydroxyl groups is 1. The third kappa shape index (κ3) is 67.0. The highest BCUT2D eigenvalue weighted by Crippen LogP contribution is 2.45. The minimum Gasteiger partial charge on any atom is -0.462 e. The van der Waals surface area contributed by atoms with Gasteiger partial charge in [-0.15, -0.1) is 0 Å². The molecule has 0 rings (SSSR count). The summed E-state index contributed by atoms with van der Waals surface area (Å²) in [5.41, 5.74) is 0. The van der Waals surface area contributed by atoms with Crippen molar-refractivity contribution in [3.05, 3.63) is 0 Å². The van der Waals surface area contributed by atoms with Crippen LogP contribution in [0.3, 0.4) is 0 Å². The molecule has 0 saturated heterocycles. The first-order chi connectivity index (χ1) is 44.6. The average molecular weight is 1370 g/mol. The van der Waals surface area contributed by atoms with Crippen LogP contribution in [0, 0.1) is 23.7 Å². The molecule has 19 heteroatoms. The molecule has 0 aromatic carbocycles. The van der Waals surface area contributed by atoms with Crippen molar-refractivity contribution in [3.8, 4) is 0 Å². The summed E-state index contributed by atoms with van der Waals surface area (Å²) in [4.78, 5) is 72.7. The van der Waals surface area contributed by atoms with Crippen molar-refractivity contribution in [3.63, 3.8) is 0 Å². The lowest BCUT2D eigenvalue weighted by Gasteiger charge is -2.21. The minimum absolute atomic E-state index is 0.105. The Kier molecular flexibility index (Phi) is 62.2. The molecule has 0 aromatic heterocycles. The number of aliphatic hydroxyl groups excluding tert-OH is 1. The van der Waals surface area contributed by atoms with E-state index in [0.29, 0.717) is 31.6 Å². The predicted octanol–water partition coefficient (Wildman–Crippen LogP) is 21.3. The zero-order chi connectivity index (χ0) is 68.9.